The molecule has 1 amide bonds. The SMILES string of the molecule is Cc1c(C(=O)OCC(=O)N(C)C(C)c2ccccc2)sc2nc3n(c(=O)c12)CCC3. The van der Waals surface area contributed by atoms with Gasteiger partial charge >= 0.3 is 5.97 Å². The second-order valence-electron chi connectivity index (χ2n) is 7.49. The highest BCUT2D eigenvalue weighted by molar-refractivity contribution is 7.20. The van der Waals surface area contributed by atoms with Crippen LogP contribution >= 0.6 is 11.3 Å². The van der Waals surface area contributed by atoms with Crippen molar-refractivity contribution in [3.63, 3.8) is 0 Å². The van der Waals surface area contributed by atoms with Crippen molar-refractivity contribution < 1.29 is 14.3 Å². The number of benzene rings is 1. The van der Waals surface area contributed by atoms with Gasteiger partial charge in [0.15, 0.2) is 6.61 Å². The van der Waals surface area contributed by atoms with Crippen molar-refractivity contribution in [3.05, 3.63) is 62.5 Å². The maximum Gasteiger partial charge on any atom is 0.349 e. The smallest absolute Gasteiger partial charge is 0.349 e. The Balaban J connectivity index is 1.48. The minimum Gasteiger partial charge on any atom is -0.451 e. The zero-order chi connectivity index (χ0) is 21.4. The molecular formula is C22H23N3O4S. The van der Waals surface area contributed by atoms with Gasteiger partial charge < -0.3 is 9.64 Å². The van der Waals surface area contributed by atoms with Crippen molar-refractivity contribution in [2.45, 2.75) is 39.3 Å². The van der Waals surface area contributed by atoms with E-state index in [1.165, 1.54) is 0 Å². The van der Waals surface area contributed by atoms with Gasteiger partial charge in [-0.3, -0.25) is 14.2 Å². The quantitative estimate of drug-likeness (QED) is 0.587. The molecule has 0 fully saturated rings. The summed E-state index contributed by atoms with van der Waals surface area (Å²) in [6, 6.07) is 9.51. The summed E-state index contributed by atoms with van der Waals surface area (Å²) >= 11 is 1.15. The minimum atomic E-state index is -0.603. The molecule has 3 aromatic rings. The predicted molar refractivity (Wildman–Crippen MR) is 115 cm³/mol. The molecule has 30 heavy (non-hydrogen) atoms. The Morgan fingerprint density at radius 1 is 1.30 bits per heavy atom. The molecule has 1 aliphatic rings. The summed E-state index contributed by atoms with van der Waals surface area (Å²) in [6.45, 7) is 3.95. The third-order valence-electron chi connectivity index (χ3n) is 5.68. The Labute approximate surface area is 177 Å². The molecular weight excluding hydrogens is 402 g/mol. The molecule has 0 aliphatic carbocycles. The van der Waals surface area contributed by atoms with E-state index >= 15 is 0 Å². The summed E-state index contributed by atoms with van der Waals surface area (Å²) in [5, 5.41) is 0.471. The van der Waals surface area contributed by atoms with E-state index < -0.39 is 5.97 Å². The van der Waals surface area contributed by atoms with E-state index in [0.717, 1.165) is 35.6 Å². The lowest BCUT2D eigenvalue weighted by atomic mass is 10.1. The van der Waals surface area contributed by atoms with Gasteiger partial charge in [0.25, 0.3) is 11.5 Å². The molecule has 1 aliphatic heterocycles. The summed E-state index contributed by atoms with van der Waals surface area (Å²) in [4.78, 5) is 44.9. The molecule has 0 saturated carbocycles. The number of hydrogen-bond donors (Lipinski definition) is 0. The van der Waals surface area contributed by atoms with Gasteiger partial charge in [-0.25, -0.2) is 9.78 Å². The molecule has 1 aromatic carbocycles. The van der Waals surface area contributed by atoms with Crippen molar-refractivity contribution in [1.29, 1.82) is 0 Å². The van der Waals surface area contributed by atoms with Crippen LogP contribution in [0.3, 0.4) is 0 Å². The molecule has 7 nitrogen and oxygen atoms in total. The van der Waals surface area contributed by atoms with Gasteiger partial charge in [-0.15, -0.1) is 11.3 Å². The summed E-state index contributed by atoms with van der Waals surface area (Å²) < 4.78 is 6.97. The van der Waals surface area contributed by atoms with E-state index in [2.05, 4.69) is 4.98 Å². The van der Waals surface area contributed by atoms with Gasteiger partial charge in [-0.05, 0) is 31.4 Å². The lowest BCUT2D eigenvalue weighted by Gasteiger charge is -2.25. The number of ether oxygens (including phenoxy) is 1. The third kappa shape index (κ3) is 3.52. The van der Waals surface area contributed by atoms with Crippen LogP contribution in [0.2, 0.25) is 0 Å². The standard InChI is InChI=1S/C22H23N3O4S/c1-13-18-20(23-16-10-7-11-25(16)21(18)27)30-19(13)22(28)29-12-17(26)24(3)14(2)15-8-5-4-6-9-15/h4-6,8-9,14H,7,10-12H2,1-3H3. The van der Waals surface area contributed by atoms with E-state index in [9.17, 15) is 14.4 Å². The largest absolute Gasteiger partial charge is 0.451 e. The second-order valence-corrected chi connectivity index (χ2v) is 8.49. The zero-order valence-electron chi connectivity index (χ0n) is 17.2. The molecule has 2 aromatic heterocycles. The van der Waals surface area contributed by atoms with Crippen LogP contribution in [-0.4, -0.2) is 40.0 Å². The number of aromatic nitrogens is 2. The first-order valence-electron chi connectivity index (χ1n) is 9.89. The van der Waals surface area contributed by atoms with Gasteiger partial charge in [0.1, 0.15) is 15.5 Å². The lowest BCUT2D eigenvalue weighted by molar-refractivity contribution is -0.135. The molecule has 0 N–H and O–H groups in total. The molecule has 8 heteroatoms. The Kier molecular flexibility index (Phi) is 5.42. The van der Waals surface area contributed by atoms with Crippen LogP contribution < -0.4 is 5.56 Å². The number of hydrogen-bond acceptors (Lipinski definition) is 6. The average Bonchev–Trinajstić information content (AvgIpc) is 3.36. The summed E-state index contributed by atoms with van der Waals surface area (Å²) in [7, 11) is 1.69. The molecule has 0 saturated heterocycles. The van der Waals surface area contributed by atoms with Gasteiger partial charge in [0.2, 0.25) is 0 Å². The van der Waals surface area contributed by atoms with Crippen LogP contribution in [-0.2, 0) is 22.5 Å². The Morgan fingerprint density at radius 3 is 2.77 bits per heavy atom. The number of esters is 1. The van der Waals surface area contributed by atoms with Crippen LogP contribution in [0.4, 0.5) is 0 Å². The fraction of sp³-hybridized carbons (Fsp3) is 0.364. The predicted octanol–water partition coefficient (Wildman–Crippen LogP) is 3.09. The maximum absolute atomic E-state index is 12.8. The number of amides is 1. The van der Waals surface area contributed by atoms with E-state index in [1.54, 1.807) is 23.4 Å². The van der Waals surface area contributed by atoms with Crippen molar-refractivity contribution in [2.24, 2.45) is 0 Å². The van der Waals surface area contributed by atoms with Crippen LogP contribution in [0.1, 0.15) is 46.0 Å². The molecule has 4 rings (SSSR count). The van der Waals surface area contributed by atoms with Crippen molar-refractivity contribution in [3.8, 4) is 0 Å². The first kappa shape index (κ1) is 20.3. The second kappa shape index (κ2) is 8.02. The summed E-state index contributed by atoms with van der Waals surface area (Å²) in [5.41, 5.74) is 1.46. The maximum atomic E-state index is 12.8. The molecule has 3 heterocycles. The molecule has 156 valence electrons. The van der Waals surface area contributed by atoms with Crippen LogP contribution in [0.5, 0.6) is 0 Å². The fourth-order valence-corrected chi connectivity index (χ4v) is 4.82. The number of likely N-dealkylation sites (N-methyl/N-ethyl adjacent to an activating group) is 1. The zero-order valence-corrected chi connectivity index (χ0v) is 18.0. The Bertz CT molecular complexity index is 1180. The number of rotatable bonds is 5. The van der Waals surface area contributed by atoms with Gasteiger partial charge in [0, 0.05) is 20.0 Å². The summed E-state index contributed by atoms with van der Waals surface area (Å²) in [6.07, 6.45) is 1.67. The highest BCUT2D eigenvalue weighted by Gasteiger charge is 2.25. The molecule has 0 radical (unpaired) electrons. The fourth-order valence-electron chi connectivity index (χ4n) is 3.74. The van der Waals surface area contributed by atoms with Crippen LogP contribution in [0.25, 0.3) is 10.2 Å². The number of aryl methyl sites for hydroxylation is 2. The van der Waals surface area contributed by atoms with E-state index in [4.69, 9.17) is 4.74 Å². The third-order valence-corrected chi connectivity index (χ3v) is 6.85. The Hall–Kier alpha value is -3.00. The highest BCUT2D eigenvalue weighted by atomic mass is 32.1. The number of carbonyl (C=O) groups is 2. The molecule has 0 spiro atoms. The van der Waals surface area contributed by atoms with Gasteiger partial charge in [-0.1, -0.05) is 30.3 Å². The first-order chi connectivity index (χ1) is 14.4. The Morgan fingerprint density at radius 2 is 2.03 bits per heavy atom. The normalized spacial score (nSPS) is 13.8. The molecule has 1 unspecified atom stereocenters. The van der Waals surface area contributed by atoms with Gasteiger partial charge in [0.05, 0.1) is 11.4 Å². The van der Waals surface area contributed by atoms with Crippen LogP contribution in [0, 0.1) is 6.92 Å². The highest BCUT2D eigenvalue weighted by Crippen LogP contribution is 2.29. The molecule has 0 bridgehead atoms. The lowest BCUT2D eigenvalue weighted by Crippen LogP contribution is -2.33. The van der Waals surface area contributed by atoms with E-state index in [0.29, 0.717) is 27.2 Å². The van der Waals surface area contributed by atoms with E-state index in [1.807, 2.05) is 37.3 Å². The number of fused-ring (bicyclic) bond motifs is 2. The first-order valence-corrected chi connectivity index (χ1v) is 10.7. The average molecular weight is 426 g/mol. The number of thiophene rings is 1. The monoisotopic (exact) mass is 425 g/mol. The van der Waals surface area contributed by atoms with E-state index in [-0.39, 0.29) is 24.1 Å². The van der Waals surface area contributed by atoms with Crippen LogP contribution in [0.15, 0.2) is 35.1 Å². The van der Waals surface area contributed by atoms with Gasteiger partial charge in [-0.2, -0.15) is 0 Å². The van der Waals surface area contributed by atoms with Crippen molar-refractivity contribution >= 4 is 33.4 Å². The molecule has 1 atom stereocenters. The number of nitrogens with zero attached hydrogens (tertiary/aromatic N) is 3. The topological polar surface area (TPSA) is 81.5 Å². The summed E-state index contributed by atoms with van der Waals surface area (Å²) in [5.74, 6) is -0.134. The minimum absolute atomic E-state index is 0.104. The van der Waals surface area contributed by atoms with Crippen molar-refractivity contribution in [2.75, 3.05) is 13.7 Å². The van der Waals surface area contributed by atoms with Crippen molar-refractivity contribution in [1.82, 2.24) is 14.5 Å². The number of carbonyl (C=O) groups excluding carboxylic acids is 2.